The second-order valence-electron chi connectivity index (χ2n) is 4.09. The number of hydrogen-bond donors (Lipinski definition) is 1. The van der Waals surface area contributed by atoms with E-state index in [1.807, 2.05) is 36.2 Å². The summed E-state index contributed by atoms with van der Waals surface area (Å²) in [6.07, 6.45) is 3.01. The summed E-state index contributed by atoms with van der Waals surface area (Å²) in [5.41, 5.74) is 0. The molecule has 1 N–H and O–H groups in total. The van der Waals surface area contributed by atoms with Crippen molar-refractivity contribution >= 4 is 53.0 Å². The largest absolute Gasteiger partial charge is 0.355 e. The lowest BCUT2D eigenvalue weighted by molar-refractivity contribution is 0.489. The minimum absolute atomic E-state index is 0. The predicted molar refractivity (Wildman–Crippen MR) is 105 cm³/mol. The molecule has 1 heterocycles. The van der Waals surface area contributed by atoms with Crippen LogP contribution in [0.2, 0.25) is 0 Å². The van der Waals surface area contributed by atoms with E-state index in [0.29, 0.717) is 0 Å². The van der Waals surface area contributed by atoms with Crippen molar-refractivity contribution in [1.29, 1.82) is 0 Å². The monoisotopic (exact) mass is 425 g/mol. The fourth-order valence-electron chi connectivity index (χ4n) is 1.63. The lowest BCUT2D eigenvalue weighted by atomic mass is 10.3. The van der Waals surface area contributed by atoms with Gasteiger partial charge < -0.3 is 10.2 Å². The van der Waals surface area contributed by atoms with Crippen molar-refractivity contribution in [3.8, 4) is 0 Å². The highest BCUT2D eigenvalue weighted by atomic mass is 127. The Morgan fingerprint density at radius 3 is 3.00 bits per heavy atom. The van der Waals surface area contributed by atoms with E-state index < -0.39 is 0 Å². The Labute approximate surface area is 148 Å². The summed E-state index contributed by atoms with van der Waals surface area (Å²) in [6.45, 7) is 5.64. The minimum Gasteiger partial charge on any atom is -0.355 e. The molecule has 20 heavy (non-hydrogen) atoms. The molecule has 0 spiro atoms. The molecule has 3 nitrogen and oxygen atoms in total. The third-order valence-electron chi connectivity index (χ3n) is 2.61. The number of hydrogen-bond acceptors (Lipinski definition) is 3. The number of aliphatic imine (C=N–C) groups is 1. The number of halogens is 1. The number of nitrogens with zero attached hydrogens (tertiary/aromatic N) is 2. The lowest BCUT2D eigenvalue weighted by Crippen LogP contribution is -2.40. The summed E-state index contributed by atoms with van der Waals surface area (Å²) < 4.78 is 0. The van der Waals surface area contributed by atoms with Crippen LogP contribution in [0.3, 0.4) is 0 Å². The molecule has 0 bridgehead atoms. The molecule has 0 aliphatic rings. The van der Waals surface area contributed by atoms with Crippen LogP contribution in [0.25, 0.3) is 0 Å². The molecule has 0 fully saturated rings. The number of guanidine groups is 1. The van der Waals surface area contributed by atoms with Gasteiger partial charge in [0.05, 0.1) is 0 Å². The molecule has 114 valence electrons. The molecule has 0 saturated carbocycles. The highest BCUT2D eigenvalue weighted by Gasteiger charge is 2.05. The van der Waals surface area contributed by atoms with Crippen LogP contribution < -0.4 is 5.32 Å². The van der Waals surface area contributed by atoms with Gasteiger partial charge >= 0.3 is 0 Å². The summed E-state index contributed by atoms with van der Waals surface area (Å²) in [5.74, 6) is 3.05. The van der Waals surface area contributed by atoms with Crippen molar-refractivity contribution in [2.45, 2.75) is 6.42 Å². The van der Waals surface area contributed by atoms with Gasteiger partial charge in [0, 0.05) is 43.6 Å². The van der Waals surface area contributed by atoms with Gasteiger partial charge in [-0.05, 0) is 17.9 Å². The minimum atomic E-state index is 0. The molecule has 0 saturated heterocycles. The summed E-state index contributed by atoms with van der Waals surface area (Å²) in [7, 11) is 3.92. The van der Waals surface area contributed by atoms with Crippen molar-refractivity contribution in [1.82, 2.24) is 10.2 Å². The Hall–Kier alpha value is -0.210. The molecular formula is C14H24IN3S2. The third-order valence-corrected chi connectivity index (χ3v) is 4.51. The van der Waals surface area contributed by atoms with Crippen LogP contribution in [0.4, 0.5) is 0 Å². The zero-order valence-corrected chi connectivity index (χ0v) is 16.1. The maximum absolute atomic E-state index is 4.31. The highest BCUT2D eigenvalue weighted by molar-refractivity contribution is 14.0. The maximum atomic E-state index is 4.31. The van der Waals surface area contributed by atoms with Crippen LogP contribution in [0.15, 0.2) is 35.2 Å². The van der Waals surface area contributed by atoms with Crippen LogP contribution in [0.1, 0.15) is 4.88 Å². The predicted octanol–water partition coefficient (Wildman–Crippen LogP) is 3.34. The van der Waals surface area contributed by atoms with Gasteiger partial charge in [0.25, 0.3) is 0 Å². The van der Waals surface area contributed by atoms with E-state index >= 15 is 0 Å². The topological polar surface area (TPSA) is 27.6 Å². The van der Waals surface area contributed by atoms with Crippen molar-refractivity contribution in [3.63, 3.8) is 0 Å². The van der Waals surface area contributed by atoms with Crippen LogP contribution in [0.5, 0.6) is 0 Å². The number of thioether (sulfide) groups is 1. The molecule has 6 heteroatoms. The van der Waals surface area contributed by atoms with E-state index in [4.69, 9.17) is 0 Å². The fourth-order valence-corrected chi connectivity index (χ4v) is 2.90. The van der Waals surface area contributed by atoms with Crippen molar-refractivity contribution in [2.24, 2.45) is 4.99 Å². The smallest absolute Gasteiger partial charge is 0.193 e. The summed E-state index contributed by atoms with van der Waals surface area (Å²) in [5, 5.41) is 5.51. The van der Waals surface area contributed by atoms with Gasteiger partial charge in [-0.2, -0.15) is 11.8 Å². The fraction of sp³-hybridized carbons (Fsp3) is 0.500. The number of likely N-dealkylation sites (N-methyl/N-ethyl adjacent to an activating group) is 1. The van der Waals surface area contributed by atoms with E-state index in [2.05, 4.69) is 46.3 Å². The van der Waals surface area contributed by atoms with Crippen molar-refractivity contribution < 1.29 is 0 Å². The van der Waals surface area contributed by atoms with Crippen molar-refractivity contribution in [2.75, 3.05) is 38.7 Å². The van der Waals surface area contributed by atoms with Gasteiger partial charge in [-0.25, -0.2) is 0 Å². The summed E-state index contributed by atoms with van der Waals surface area (Å²) in [6, 6.07) is 4.28. The Morgan fingerprint density at radius 1 is 1.60 bits per heavy atom. The van der Waals surface area contributed by atoms with Gasteiger partial charge in [0.2, 0.25) is 0 Å². The average Bonchev–Trinajstić information content (AvgIpc) is 2.93. The van der Waals surface area contributed by atoms with E-state index in [9.17, 15) is 0 Å². The highest BCUT2D eigenvalue weighted by Crippen LogP contribution is 2.09. The molecule has 0 amide bonds. The third kappa shape index (κ3) is 8.16. The first-order valence-corrected chi connectivity index (χ1v) is 8.44. The summed E-state index contributed by atoms with van der Waals surface area (Å²) in [4.78, 5) is 7.91. The second kappa shape index (κ2) is 12.5. The van der Waals surface area contributed by atoms with E-state index in [0.717, 1.165) is 37.0 Å². The van der Waals surface area contributed by atoms with Crippen LogP contribution in [0, 0.1) is 0 Å². The van der Waals surface area contributed by atoms with E-state index in [1.54, 1.807) is 0 Å². The first-order valence-electron chi connectivity index (χ1n) is 6.40. The first kappa shape index (κ1) is 19.8. The molecule has 1 aromatic heterocycles. The normalized spacial score (nSPS) is 10.8. The van der Waals surface area contributed by atoms with Gasteiger partial charge in [-0.15, -0.1) is 41.9 Å². The quantitative estimate of drug-likeness (QED) is 0.228. The SMILES string of the molecule is C=CCSCCNC(=NC)N(C)CCc1cccs1.I. The molecule has 0 radical (unpaired) electrons. The van der Waals surface area contributed by atoms with Gasteiger partial charge in [-0.1, -0.05) is 12.1 Å². The zero-order valence-electron chi connectivity index (χ0n) is 12.2. The second-order valence-corrected chi connectivity index (χ2v) is 6.27. The molecule has 1 rings (SSSR count). The molecule has 0 atom stereocenters. The maximum Gasteiger partial charge on any atom is 0.193 e. The molecule has 0 aromatic carbocycles. The van der Waals surface area contributed by atoms with Gasteiger partial charge in [-0.3, -0.25) is 4.99 Å². The number of rotatable bonds is 8. The molecular weight excluding hydrogens is 401 g/mol. The van der Waals surface area contributed by atoms with E-state index in [-0.39, 0.29) is 24.0 Å². The number of thiophene rings is 1. The lowest BCUT2D eigenvalue weighted by Gasteiger charge is -2.21. The Balaban J connectivity index is 0.00000361. The Kier molecular flexibility index (Phi) is 12.4. The zero-order chi connectivity index (χ0) is 13.9. The first-order chi connectivity index (χ1) is 9.27. The van der Waals surface area contributed by atoms with Crippen LogP contribution in [-0.4, -0.2) is 49.6 Å². The molecule has 0 unspecified atom stereocenters. The van der Waals surface area contributed by atoms with Gasteiger partial charge in [0.1, 0.15) is 0 Å². The molecule has 0 aliphatic heterocycles. The van der Waals surface area contributed by atoms with Crippen molar-refractivity contribution in [3.05, 3.63) is 35.0 Å². The van der Waals surface area contributed by atoms with Crippen LogP contribution >= 0.6 is 47.1 Å². The summed E-state index contributed by atoms with van der Waals surface area (Å²) >= 11 is 3.69. The average molecular weight is 425 g/mol. The van der Waals surface area contributed by atoms with Gasteiger partial charge in [0.15, 0.2) is 5.96 Å². The molecule has 1 aromatic rings. The molecule has 0 aliphatic carbocycles. The Bertz CT molecular complexity index is 380. The number of nitrogens with one attached hydrogen (secondary N) is 1. The van der Waals surface area contributed by atoms with E-state index in [1.165, 1.54) is 4.88 Å². The van der Waals surface area contributed by atoms with Crippen LogP contribution in [-0.2, 0) is 6.42 Å². The Morgan fingerprint density at radius 2 is 2.40 bits per heavy atom. The standard InChI is InChI=1S/C14H23N3S2.HI/c1-4-10-18-12-8-16-14(15-2)17(3)9-7-13-6-5-11-19-13;/h4-6,11H,1,7-10,12H2,2-3H3,(H,15,16);1H.